The smallest absolute Gasteiger partial charge is 0.262 e. The minimum Gasteiger partial charge on any atom is -0.368 e. The molecule has 0 unspecified atom stereocenters. The van der Waals surface area contributed by atoms with Gasteiger partial charge in [0.2, 0.25) is 5.91 Å². The lowest BCUT2D eigenvalue weighted by molar-refractivity contribution is -0.133. The Labute approximate surface area is 197 Å². The van der Waals surface area contributed by atoms with E-state index in [9.17, 15) is 14.4 Å². The van der Waals surface area contributed by atoms with E-state index in [1.807, 2.05) is 70.9 Å². The van der Waals surface area contributed by atoms with Gasteiger partial charge in [-0.3, -0.25) is 14.4 Å². The highest BCUT2D eigenvalue weighted by Crippen LogP contribution is 2.19. The summed E-state index contributed by atoms with van der Waals surface area (Å²) < 4.78 is 0. The summed E-state index contributed by atoms with van der Waals surface area (Å²) in [6.45, 7) is 4.10. The number of anilines is 1. The third kappa shape index (κ3) is 5.68. The highest BCUT2D eigenvalue weighted by Gasteiger charge is 2.29. The van der Waals surface area contributed by atoms with E-state index in [1.54, 1.807) is 13.0 Å². The van der Waals surface area contributed by atoms with Crippen molar-refractivity contribution in [1.29, 1.82) is 0 Å². The highest BCUT2D eigenvalue weighted by molar-refractivity contribution is 7.12. The maximum atomic E-state index is 13.4. The number of piperazine rings is 1. The van der Waals surface area contributed by atoms with E-state index in [1.165, 1.54) is 11.3 Å². The monoisotopic (exact) mass is 461 g/mol. The Hall–Kier alpha value is -3.45. The zero-order valence-corrected chi connectivity index (χ0v) is 19.4. The number of nitrogens with zero attached hydrogens (tertiary/aromatic N) is 2. The number of carbonyl (C=O) groups excluding carboxylic acids is 3. The molecular weight excluding hydrogens is 434 g/mol. The molecule has 2 heterocycles. The van der Waals surface area contributed by atoms with Gasteiger partial charge in [0.1, 0.15) is 6.04 Å². The Balaban J connectivity index is 1.42. The molecule has 3 aromatic rings. The summed E-state index contributed by atoms with van der Waals surface area (Å²) in [5.41, 5.74) is 2.74. The maximum Gasteiger partial charge on any atom is 0.262 e. The predicted molar refractivity (Wildman–Crippen MR) is 131 cm³/mol. The van der Waals surface area contributed by atoms with Crippen LogP contribution in [0.3, 0.4) is 0 Å². The van der Waals surface area contributed by atoms with Gasteiger partial charge in [-0.15, -0.1) is 11.3 Å². The molecule has 1 atom stereocenters. The standard InChI is InChI=1S/C26H27N3O3S/c1-19(30)21-9-11-22(12-10-21)28-13-15-29(16-14-28)26(32)23(18-20-6-3-2-4-7-20)27-25(31)24-8-5-17-33-24/h2-12,17,23H,13-16,18H2,1H3,(H,27,31)/t23-/m1/s1. The van der Waals surface area contributed by atoms with E-state index in [4.69, 9.17) is 0 Å². The molecule has 1 aliphatic rings. The number of hydrogen-bond donors (Lipinski definition) is 1. The number of nitrogens with one attached hydrogen (secondary N) is 1. The summed E-state index contributed by atoms with van der Waals surface area (Å²) in [4.78, 5) is 42.3. The number of ketones is 1. The van der Waals surface area contributed by atoms with E-state index >= 15 is 0 Å². The lowest BCUT2D eigenvalue weighted by atomic mass is 10.0. The van der Waals surface area contributed by atoms with Crippen molar-refractivity contribution in [2.45, 2.75) is 19.4 Å². The largest absolute Gasteiger partial charge is 0.368 e. The molecule has 1 aromatic heterocycles. The average molecular weight is 462 g/mol. The third-order valence-corrected chi connectivity index (χ3v) is 6.73. The molecule has 0 bridgehead atoms. The molecule has 0 radical (unpaired) electrons. The number of thiophene rings is 1. The van der Waals surface area contributed by atoms with Crippen molar-refractivity contribution in [3.8, 4) is 0 Å². The van der Waals surface area contributed by atoms with Gasteiger partial charge in [0.25, 0.3) is 5.91 Å². The molecule has 170 valence electrons. The van der Waals surface area contributed by atoms with Gasteiger partial charge in [-0.2, -0.15) is 0 Å². The second-order valence-corrected chi connectivity index (χ2v) is 9.06. The molecule has 2 aromatic carbocycles. The molecule has 1 N–H and O–H groups in total. The fourth-order valence-corrected chi connectivity index (χ4v) is 4.63. The summed E-state index contributed by atoms with van der Waals surface area (Å²) in [6, 6.07) is 20.3. The minimum atomic E-state index is -0.622. The Bertz CT molecular complexity index is 1090. The van der Waals surface area contributed by atoms with E-state index in [0.717, 1.165) is 11.3 Å². The first-order valence-corrected chi connectivity index (χ1v) is 11.9. The van der Waals surface area contributed by atoms with E-state index in [-0.39, 0.29) is 17.6 Å². The van der Waals surface area contributed by atoms with Crippen LogP contribution in [0.15, 0.2) is 72.1 Å². The predicted octanol–water partition coefficient (Wildman–Crippen LogP) is 3.64. The summed E-state index contributed by atoms with van der Waals surface area (Å²) >= 11 is 1.36. The molecule has 33 heavy (non-hydrogen) atoms. The van der Waals surface area contributed by atoms with Gasteiger partial charge >= 0.3 is 0 Å². The normalized spacial score (nSPS) is 14.6. The Morgan fingerprint density at radius 2 is 1.61 bits per heavy atom. The summed E-state index contributed by atoms with van der Waals surface area (Å²) in [5.74, 6) is -0.232. The van der Waals surface area contributed by atoms with Gasteiger partial charge in [-0.1, -0.05) is 36.4 Å². The van der Waals surface area contributed by atoms with E-state index in [2.05, 4.69) is 10.2 Å². The number of benzene rings is 2. The van der Waals surface area contributed by atoms with E-state index in [0.29, 0.717) is 43.0 Å². The Kier molecular flexibility index (Phi) is 7.19. The van der Waals surface area contributed by atoms with Crippen LogP contribution in [0.4, 0.5) is 5.69 Å². The molecule has 1 fully saturated rings. The van der Waals surface area contributed by atoms with Gasteiger partial charge in [0.15, 0.2) is 5.78 Å². The van der Waals surface area contributed by atoms with Crippen molar-refractivity contribution >= 4 is 34.6 Å². The van der Waals surface area contributed by atoms with Crippen LogP contribution < -0.4 is 10.2 Å². The van der Waals surface area contributed by atoms with Crippen LogP contribution in [0.1, 0.15) is 32.5 Å². The second kappa shape index (κ2) is 10.4. The third-order valence-electron chi connectivity index (χ3n) is 5.86. The van der Waals surface area contributed by atoms with Crippen LogP contribution >= 0.6 is 11.3 Å². The molecule has 4 rings (SSSR count). The number of amides is 2. The average Bonchev–Trinajstić information content (AvgIpc) is 3.39. The number of Topliss-reactive ketones (excluding diaryl/α,β-unsaturated/α-hetero) is 1. The Morgan fingerprint density at radius 3 is 2.21 bits per heavy atom. The Morgan fingerprint density at radius 1 is 0.909 bits per heavy atom. The summed E-state index contributed by atoms with van der Waals surface area (Å²) in [7, 11) is 0. The van der Waals surface area contributed by atoms with Gasteiger partial charge in [0.05, 0.1) is 4.88 Å². The van der Waals surface area contributed by atoms with Gasteiger partial charge in [0, 0.05) is 43.9 Å². The first kappa shape index (κ1) is 22.7. The molecule has 2 amide bonds. The second-order valence-electron chi connectivity index (χ2n) is 8.11. The number of carbonyl (C=O) groups is 3. The number of hydrogen-bond acceptors (Lipinski definition) is 5. The van der Waals surface area contributed by atoms with Crippen molar-refractivity contribution in [2.75, 3.05) is 31.1 Å². The van der Waals surface area contributed by atoms with Crippen molar-refractivity contribution in [2.24, 2.45) is 0 Å². The summed E-state index contributed by atoms with van der Waals surface area (Å²) in [5, 5.41) is 4.81. The van der Waals surface area contributed by atoms with Crippen molar-refractivity contribution < 1.29 is 14.4 Å². The topological polar surface area (TPSA) is 69.7 Å². The fourth-order valence-electron chi connectivity index (χ4n) is 4.00. The van der Waals surface area contributed by atoms with Crippen LogP contribution in [0.5, 0.6) is 0 Å². The van der Waals surface area contributed by atoms with E-state index < -0.39 is 6.04 Å². The van der Waals surface area contributed by atoms with Crippen LogP contribution in [-0.4, -0.2) is 54.7 Å². The van der Waals surface area contributed by atoms with Gasteiger partial charge in [-0.25, -0.2) is 0 Å². The first-order chi connectivity index (χ1) is 16.0. The SMILES string of the molecule is CC(=O)c1ccc(N2CCN(C(=O)[C@@H](Cc3ccccc3)NC(=O)c3cccs3)CC2)cc1. The van der Waals surface area contributed by atoms with Gasteiger partial charge < -0.3 is 15.1 Å². The van der Waals surface area contributed by atoms with Crippen LogP contribution in [-0.2, 0) is 11.2 Å². The fraction of sp³-hybridized carbons (Fsp3) is 0.269. The quantitative estimate of drug-likeness (QED) is 0.546. The van der Waals surface area contributed by atoms with Crippen LogP contribution in [0.25, 0.3) is 0 Å². The molecular formula is C26H27N3O3S. The zero-order chi connectivity index (χ0) is 23.2. The molecule has 0 spiro atoms. The van der Waals surface area contributed by atoms with Crippen molar-refractivity contribution in [1.82, 2.24) is 10.2 Å². The molecule has 1 aliphatic heterocycles. The molecule has 6 nitrogen and oxygen atoms in total. The van der Waals surface area contributed by atoms with Crippen LogP contribution in [0, 0.1) is 0 Å². The zero-order valence-electron chi connectivity index (χ0n) is 18.6. The lowest BCUT2D eigenvalue weighted by Gasteiger charge is -2.37. The van der Waals surface area contributed by atoms with Crippen molar-refractivity contribution in [3.05, 3.63) is 88.1 Å². The molecule has 0 saturated carbocycles. The first-order valence-electron chi connectivity index (χ1n) is 11.0. The highest BCUT2D eigenvalue weighted by atomic mass is 32.1. The molecule has 0 aliphatic carbocycles. The maximum absolute atomic E-state index is 13.4. The minimum absolute atomic E-state index is 0.0472. The van der Waals surface area contributed by atoms with Gasteiger partial charge in [-0.05, 0) is 48.2 Å². The number of rotatable bonds is 7. The van der Waals surface area contributed by atoms with Crippen LogP contribution in [0.2, 0.25) is 0 Å². The summed E-state index contributed by atoms with van der Waals surface area (Å²) in [6.07, 6.45) is 0.448. The molecule has 7 heteroatoms. The molecule has 1 saturated heterocycles. The lowest BCUT2D eigenvalue weighted by Crippen LogP contribution is -2.55. The van der Waals surface area contributed by atoms with Crippen molar-refractivity contribution in [3.63, 3.8) is 0 Å².